The third-order valence-corrected chi connectivity index (χ3v) is 5.63. The van der Waals surface area contributed by atoms with E-state index < -0.39 is 0 Å². The van der Waals surface area contributed by atoms with Crippen LogP contribution in [0.4, 0.5) is 5.69 Å². The minimum absolute atomic E-state index is 0.307. The SMILES string of the molecule is COc1ccc(NC(=O)c2csc(-c3ccc(OCc4ccccc4)cc3)n2)c(OC)c1. The molecule has 0 spiro atoms. The summed E-state index contributed by atoms with van der Waals surface area (Å²) in [5, 5.41) is 5.33. The van der Waals surface area contributed by atoms with Crippen molar-refractivity contribution in [2.75, 3.05) is 19.5 Å². The monoisotopic (exact) mass is 446 g/mol. The first kappa shape index (κ1) is 21.4. The van der Waals surface area contributed by atoms with Gasteiger partial charge in [0.2, 0.25) is 0 Å². The highest BCUT2D eigenvalue weighted by molar-refractivity contribution is 7.13. The molecule has 0 fully saturated rings. The fraction of sp³-hybridized carbons (Fsp3) is 0.120. The highest BCUT2D eigenvalue weighted by Crippen LogP contribution is 2.30. The topological polar surface area (TPSA) is 69.7 Å². The van der Waals surface area contributed by atoms with E-state index in [1.165, 1.54) is 11.3 Å². The molecule has 0 radical (unpaired) electrons. The molecular formula is C25H22N2O4S. The second-order valence-corrected chi connectivity index (χ2v) is 7.71. The van der Waals surface area contributed by atoms with E-state index >= 15 is 0 Å². The van der Waals surface area contributed by atoms with Crippen molar-refractivity contribution >= 4 is 22.9 Å². The first-order valence-electron chi connectivity index (χ1n) is 9.92. The summed E-state index contributed by atoms with van der Waals surface area (Å²) in [5.74, 6) is 1.63. The van der Waals surface area contributed by atoms with Crippen molar-refractivity contribution in [1.29, 1.82) is 0 Å². The van der Waals surface area contributed by atoms with Gasteiger partial charge >= 0.3 is 0 Å². The van der Waals surface area contributed by atoms with Gasteiger partial charge < -0.3 is 19.5 Å². The second-order valence-electron chi connectivity index (χ2n) is 6.86. The van der Waals surface area contributed by atoms with Crippen LogP contribution in [0.25, 0.3) is 10.6 Å². The zero-order valence-corrected chi connectivity index (χ0v) is 18.5. The third kappa shape index (κ3) is 5.07. The van der Waals surface area contributed by atoms with Gasteiger partial charge in [-0.3, -0.25) is 4.79 Å². The van der Waals surface area contributed by atoms with Crippen molar-refractivity contribution in [2.45, 2.75) is 6.61 Å². The van der Waals surface area contributed by atoms with Crippen molar-refractivity contribution in [3.8, 4) is 27.8 Å². The lowest BCUT2D eigenvalue weighted by Crippen LogP contribution is -2.13. The molecule has 1 heterocycles. The number of carbonyl (C=O) groups excluding carboxylic acids is 1. The Balaban J connectivity index is 1.41. The van der Waals surface area contributed by atoms with E-state index in [-0.39, 0.29) is 5.91 Å². The van der Waals surface area contributed by atoms with Crippen molar-refractivity contribution in [3.63, 3.8) is 0 Å². The number of ether oxygens (including phenoxy) is 3. The molecular weight excluding hydrogens is 424 g/mol. The Morgan fingerprint density at radius 1 is 0.938 bits per heavy atom. The molecule has 0 aliphatic heterocycles. The van der Waals surface area contributed by atoms with Gasteiger partial charge in [0, 0.05) is 17.0 Å². The minimum Gasteiger partial charge on any atom is -0.497 e. The van der Waals surface area contributed by atoms with Crippen molar-refractivity contribution in [1.82, 2.24) is 4.98 Å². The van der Waals surface area contributed by atoms with Crippen LogP contribution in [0.5, 0.6) is 17.2 Å². The van der Waals surface area contributed by atoms with Crippen LogP contribution in [-0.2, 0) is 6.61 Å². The van der Waals surface area contributed by atoms with Gasteiger partial charge in [-0.1, -0.05) is 30.3 Å². The van der Waals surface area contributed by atoms with E-state index in [2.05, 4.69) is 10.3 Å². The van der Waals surface area contributed by atoms with Gasteiger partial charge in [-0.05, 0) is 42.0 Å². The van der Waals surface area contributed by atoms with Crippen LogP contribution in [0.2, 0.25) is 0 Å². The van der Waals surface area contributed by atoms with Gasteiger partial charge in [0.1, 0.15) is 34.6 Å². The molecule has 0 bridgehead atoms. The average Bonchev–Trinajstić information content (AvgIpc) is 3.34. The zero-order valence-electron chi connectivity index (χ0n) is 17.7. The van der Waals surface area contributed by atoms with Gasteiger partial charge in [-0.2, -0.15) is 0 Å². The van der Waals surface area contributed by atoms with Crippen LogP contribution < -0.4 is 19.5 Å². The number of rotatable bonds is 8. The smallest absolute Gasteiger partial charge is 0.275 e. The zero-order chi connectivity index (χ0) is 22.3. The Kier molecular flexibility index (Phi) is 6.67. The summed E-state index contributed by atoms with van der Waals surface area (Å²) in [6, 6.07) is 22.9. The van der Waals surface area contributed by atoms with Gasteiger partial charge in [-0.25, -0.2) is 4.98 Å². The van der Waals surface area contributed by atoms with E-state index in [1.807, 2.05) is 54.6 Å². The summed E-state index contributed by atoms with van der Waals surface area (Å²) in [5.41, 5.74) is 2.92. The quantitative estimate of drug-likeness (QED) is 0.378. The molecule has 0 unspecified atom stereocenters. The summed E-state index contributed by atoms with van der Waals surface area (Å²) in [4.78, 5) is 17.2. The number of anilines is 1. The highest BCUT2D eigenvalue weighted by atomic mass is 32.1. The number of nitrogens with one attached hydrogen (secondary N) is 1. The molecule has 0 saturated carbocycles. The molecule has 162 valence electrons. The predicted octanol–water partition coefficient (Wildman–Crippen LogP) is 5.66. The first-order chi connectivity index (χ1) is 15.7. The number of carbonyl (C=O) groups is 1. The Labute approximate surface area is 190 Å². The number of methoxy groups -OCH3 is 2. The van der Waals surface area contributed by atoms with Gasteiger partial charge in [0.05, 0.1) is 19.9 Å². The fourth-order valence-electron chi connectivity index (χ4n) is 3.03. The summed E-state index contributed by atoms with van der Waals surface area (Å²) < 4.78 is 16.4. The fourth-order valence-corrected chi connectivity index (χ4v) is 3.84. The first-order valence-corrected chi connectivity index (χ1v) is 10.8. The van der Waals surface area contributed by atoms with Crippen molar-refractivity contribution in [3.05, 3.63) is 89.4 Å². The Bertz CT molecular complexity index is 1190. The molecule has 1 aromatic heterocycles. The number of hydrogen-bond donors (Lipinski definition) is 1. The van der Waals surface area contributed by atoms with Crippen LogP contribution in [0.1, 0.15) is 16.1 Å². The molecule has 0 atom stereocenters. The maximum absolute atomic E-state index is 12.7. The summed E-state index contributed by atoms with van der Waals surface area (Å²) in [6.45, 7) is 0.510. The number of hydrogen-bond acceptors (Lipinski definition) is 6. The average molecular weight is 447 g/mol. The van der Waals surface area contributed by atoms with Crippen LogP contribution in [-0.4, -0.2) is 25.1 Å². The van der Waals surface area contributed by atoms with E-state index in [9.17, 15) is 4.79 Å². The summed E-state index contributed by atoms with van der Waals surface area (Å²) in [6.07, 6.45) is 0. The highest BCUT2D eigenvalue weighted by Gasteiger charge is 2.15. The molecule has 3 aromatic carbocycles. The van der Waals surface area contributed by atoms with Crippen LogP contribution in [0.3, 0.4) is 0 Å². The summed E-state index contributed by atoms with van der Waals surface area (Å²) >= 11 is 1.41. The third-order valence-electron chi connectivity index (χ3n) is 4.74. The molecule has 0 aliphatic carbocycles. The molecule has 0 saturated heterocycles. The van der Waals surface area contributed by atoms with Crippen molar-refractivity contribution in [2.24, 2.45) is 0 Å². The standard InChI is InChI=1S/C25H22N2O4S/c1-29-20-12-13-21(23(14-20)30-2)26-24(28)22-16-32-25(27-22)18-8-10-19(11-9-18)31-15-17-6-4-3-5-7-17/h3-14,16H,15H2,1-2H3,(H,26,28). The Hall–Kier alpha value is -3.84. The number of nitrogens with zero attached hydrogens (tertiary/aromatic N) is 1. The Morgan fingerprint density at radius 2 is 1.69 bits per heavy atom. The van der Waals surface area contributed by atoms with E-state index in [0.717, 1.165) is 21.9 Å². The number of benzene rings is 3. The lowest BCUT2D eigenvalue weighted by atomic mass is 10.2. The maximum atomic E-state index is 12.7. The molecule has 32 heavy (non-hydrogen) atoms. The molecule has 4 aromatic rings. The van der Waals surface area contributed by atoms with Gasteiger partial charge in [-0.15, -0.1) is 11.3 Å². The number of amides is 1. The van der Waals surface area contributed by atoms with E-state index in [4.69, 9.17) is 14.2 Å². The molecule has 1 N–H and O–H groups in total. The minimum atomic E-state index is -0.307. The van der Waals surface area contributed by atoms with E-state index in [1.54, 1.807) is 37.8 Å². The number of thiazole rings is 1. The largest absolute Gasteiger partial charge is 0.497 e. The predicted molar refractivity (Wildman–Crippen MR) is 126 cm³/mol. The van der Waals surface area contributed by atoms with Crippen LogP contribution >= 0.6 is 11.3 Å². The van der Waals surface area contributed by atoms with Gasteiger partial charge in [0.25, 0.3) is 5.91 Å². The second kappa shape index (κ2) is 9.98. The molecule has 0 aliphatic rings. The van der Waals surface area contributed by atoms with E-state index in [0.29, 0.717) is 29.5 Å². The lowest BCUT2D eigenvalue weighted by Gasteiger charge is -2.10. The normalized spacial score (nSPS) is 10.4. The molecule has 7 heteroatoms. The van der Waals surface area contributed by atoms with Crippen LogP contribution in [0, 0.1) is 0 Å². The van der Waals surface area contributed by atoms with Gasteiger partial charge in [0.15, 0.2) is 0 Å². The molecule has 6 nitrogen and oxygen atoms in total. The van der Waals surface area contributed by atoms with Crippen molar-refractivity contribution < 1.29 is 19.0 Å². The Morgan fingerprint density at radius 3 is 2.41 bits per heavy atom. The molecule has 1 amide bonds. The molecule has 4 rings (SSSR count). The lowest BCUT2D eigenvalue weighted by molar-refractivity contribution is 0.102. The summed E-state index contributed by atoms with van der Waals surface area (Å²) in [7, 11) is 3.12. The van der Waals surface area contributed by atoms with Crippen LogP contribution in [0.15, 0.2) is 78.2 Å². The maximum Gasteiger partial charge on any atom is 0.275 e. The number of aromatic nitrogens is 1.